The van der Waals surface area contributed by atoms with Gasteiger partial charge in [0.05, 0.1) is 38.3 Å². The van der Waals surface area contributed by atoms with Gasteiger partial charge in [-0.3, -0.25) is 9.59 Å². The number of esters is 2. The van der Waals surface area contributed by atoms with Gasteiger partial charge in [0.2, 0.25) is 0 Å². The minimum Gasteiger partial charge on any atom is -0.472 e. The molecule has 3 heterocycles. The molecule has 2 saturated heterocycles. The number of fused-ring (bicyclic) bond motifs is 3. The third kappa shape index (κ3) is 4.34. The second-order valence-corrected chi connectivity index (χ2v) is 11.4. The lowest BCUT2D eigenvalue weighted by Crippen LogP contribution is -2.65. The molecule has 0 amide bonds. The molecule has 2 aliphatic heterocycles. The van der Waals surface area contributed by atoms with Crippen LogP contribution in [0.5, 0.6) is 0 Å². The fourth-order valence-corrected chi connectivity index (χ4v) is 7.15. The van der Waals surface area contributed by atoms with Crippen LogP contribution in [0.15, 0.2) is 34.7 Å². The highest BCUT2D eigenvalue weighted by molar-refractivity contribution is 6.02. The number of hydrogen-bond donors (Lipinski definition) is 4. The fraction of sp³-hybridized carbons (Fsp3) is 0.667. The summed E-state index contributed by atoms with van der Waals surface area (Å²) in [5, 5.41) is 40.8. The summed E-state index contributed by atoms with van der Waals surface area (Å²) < 4.78 is 27.9. The van der Waals surface area contributed by atoms with Crippen molar-refractivity contribution in [3.8, 4) is 0 Å². The average molecular weight is 551 g/mol. The van der Waals surface area contributed by atoms with Crippen molar-refractivity contribution < 1.29 is 58.2 Å². The molecular weight excluding hydrogens is 516 g/mol. The normalized spacial score (nSPS) is 44.1. The first-order valence-corrected chi connectivity index (χ1v) is 13.0. The van der Waals surface area contributed by atoms with Gasteiger partial charge in [0.25, 0.3) is 0 Å². The highest BCUT2D eigenvalue weighted by Gasteiger charge is 2.67. The lowest BCUT2D eigenvalue weighted by Gasteiger charge is -2.62. The Morgan fingerprint density at radius 3 is 2.54 bits per heavy atom. The molecule has 1 saturated carbocycles. The van der Waals surface area contributed by atoms with Crippen LogP contribution in [0.1, 0.15) is 44.8 Å². The molecule has 0 spiro atoms. The average Bonchev–Trinajstić information content (AvgIpc) is 3.45. The maximum atomic E-state index is 13.5. The summed E-state index contributed by atoms with van der Waals surface area (Å²) in [5.74, 6) is -2.86. The van der Waals surface area contributed by atoms with Crippen molar-refractivity contribution in [2.75, 3.05) is 13.7 Å². The van der Waals surface area contributed by atoms with Crippen LogP contribution < -0.4 is 0 Å². The molecule has 0 bridgehead atoms. The van der Waals surface area contributed by atoms with Gasteiger partial charge in [-0.1, -0.05) is 13.8 Å². The molecule has 12 heteroatoms. The number of aliphatic hydroxyl groups is 4. The summed E-state index contributed by atoms with van der Waals surface area (Å²) in [5.41, 5.74) is -1.26. The van der Waals surface area contributed by atoms with Crippen LogP contribution in [0.25, 0.3) is 0 Å². The quantitative estimate of drug-likeness (QED) is 0.365. The van der Waals surface area contributed by atoms with Crippen LogP contribution in [-0.4, -0.2) is 88.7 Å². The summed E-state index contributed by atoms with van der Waals surface area (Å²) in [6, 6.07) is 1.71. The van der Waals surface area contributed by atoms with Gasteiger partial charge in [-0.05, 0) is 36.3 Å². The Kier molecular flexibility index (Phi) is 7.23. The Hall–Kier alpha value is -2.61. The molecule has 39 heavy (non-hydrogen) atoms. The molecule has 1 aromatic heterocycles. The van der Waals surface area contributed by atoms with Crippen molar-refractivity contribution in [2.45, 2.75) is 76.0 Å². The van der Waals surface area contributed by atoms with Gasteiger partial charge >= 0.3 is 11.9 Å². The lowest BCUT2D eigenvalue weighted by atomic mass is 9.44. The van der Waals surface area contributed by atoms with E-state index < -0.39 is 84.1 Å². The van der Waals surface area contributed by atoms with E-state index >= 15 is 0 Å². The Bertz CT molecular complexity index is 1140. The summed E-state index contributed by atoms with van der Waals surface area (Å²) in [7, 11) is 1.20. The van der Waals surface area contributed by atoms with E-state index in [1.54, 1.807) is 13.0 Å². The number of carbonyl (C=O) groups is 3. The van der Waals surface area contributed by atoms with Crippen LogP contribution in [0.3, 0.4) is 0 Å². The maximum absolute atomic E-state index is 13.5. The van der Waals surface area contributed by atoms with Crippen molar-refractivity contribution in [1.29, 1.82) is 0 Å². The number of aliphatic hydroxyl groups excluding tert-OH is 4. The smallest absolute Gasteiger partial charge is 0.334 e. The Balaban J connectivity index is 1.57. The molecule has 0 radical (unpaired) electrons. The molecule has 214 valence electrons. The van der Waals surface area contributed by atoms with Crippen molar-refractivity contribution in [1.82, 2.24) is 0 Å². The van der Waals surface area contributed by atoms with Gasteiger partial charge in [-0.25, -0.2) is 4.79 Å². The Morgan fingerprint density at radius 2 is 1.90 bits per heavy atom. The van der Waals surface area contributed by atoms with Gasteiger partial charge in [-0.15, -0.1) is 0 Å². The third-order valence-corrected chi connectivity index (χ3v) is 9.36. The maximum Gasteiger partial charge on any atom is 0.334 e. The van der Waals surface area contributed by atoms with Crippen LogP contribution in [0, 0.1) is 22.7 Å². The van der Waals surface area contributed by atoms with Crippen LogP contribution in [0.4, 0.5) is 0 Å². The topological polar surface area (TPSA) is 182 Å². The molecule has 3 fully saturated rings. The first-order chi connectivity index (χ1) is 18.4. The van der Waals surface area contributed by atoms with E-state index in [1.165, 1.54) is 25.7 Å². The zero-order valence-corrected chi connectivity index (χ0v) is 21.9. The lowest BCUT2D eigenvalue weighted by molar-refractivity contribution is -0.328. The number of carbonyl (C=O) groups excluding carboxylic acids is 3. The van der Waals surface area contributed by atoms with Gasteiger partial charge in [-0.2, -0.15) is 0 Å². The summed E-state index contributed by atoms with van der Waals surface area (Å²) in [4.78, 5) is 39.5. The first-order valence-electron chi connectivity index (χ1n) is 13.0. The van der Waals surface area contributed by atoms with Crippen LogP contribution >= 0.6 is 0 Å². The second kappa shape index (κ2) is 10.1. The van der Waals surface area contributed by atoms with Crippen molar-refractivity contribution in [3.05, 3.63) is 35.8 Å². The Morgan fingerprint density at radius 1 is 1.15 bits per heavy atom. The predicted octanol–water partition coefficient (Wildman–Crippen LogP) is 0.174. The number of rotatable bonds is 5. The van der Waals surface area contributed by atoms with E-state index in [9.17, 15) is 34.8 Å². The fourth-order valence-electron chi connectivity index (χ4n) is 7.15. The second-order valence-electron chi connectivity index (χ2n) is 11.4. The standard InChI is InChI=1S/C27H34O12/c1-26-9-16(12-4-5-36-11-12)37-24(34)14(26)8-19(39-25-22(32)21(31)20(30)17(10-28)38-25)27(2)15(23(33)35-3)6-13(29)7-18(26)27/h4-6,11,14,16-22,25,28,30-32H,7-10H2,1-3H3/t14-,16+,17-,18+,19-,20-,21+,22-,25+,26+,27+/m1/s1. The molecule has 11 atom stereocenters. The molecule has 0 aromatic carbocycles. The van der Waals surface area contributed by atoms with E-state index in [-0.39, 0.29) is 24.2 Å². The molecule has 12 nitrogen and oxygen atoms in total. The number of allylic oxidation sites excluding steroid dienone is 1. The van der Waals surface area contributed by atoms with E-state index in [2.05, 4.69) is 0 Å². The van der Waals surface area contributed by atoms with Gasteiger partial charge in [0.15, 0.2) is 12.1 Å². The van der Waals surface area contributed by atoms with E-state index in [1.807, 2.05) is 6.92 Å². The first kappa shape index (κ1) is 27.9. The molecule has 4 N–H and O–H groups in total. The highest BCUT2D eigenvalue weighted by atomic mass is 16.7. The molecule has 2 aliphatic carbocycles. The molecule has 4 aliphatic rings. The zero-order chi connectivity index (χ0) is 28.3. The molecule has 0 unspecified atom stereocenters. The van der Waals surface area contributed by atoms with Gasteiger partial charge < -0.3 is 43.8 Å². The highest BCUT2D eigenvalue weighted by Crippen LogP contribution is 2.65. The van der Waals surface area contributed by atoms with Crippen molar-refractivity contribution in [2.24, 2.45) is 22.7 Å². The summed E-state index contributed by atoms with van der Waals surface area (Å²) in [6.07, 6.45) is -4.67. The van der Waals surface area contributed by atoms with Crippen molar-refractivity contribution in [3.63, 3.8) is 0 Å². The SMILES string of the molecule is COC(=O)C1=CC(=O)C[C@H]2[C@@]3(C)C[C@@H](c4ccoc4)OC(=O)[C@H]3C[C@@H](O[C@@H]3O[C@H](CO)[C@@H](O)[C@H](O)[C@H]3O)[C@@]12C. The monoisotopic (exact) mass is 550 g/mol. The largest absolute Gasteiger partial charge is 0.472 e. The number of cyclic esters (lactones) is 1. The number of methoxy groups -OCH3 is 1. The number of furan rings is 1. The van der Waals surface area contributed by atoms with Crippen molar-refractivity contribution >= 4 is 17.7 Å². The molecule has 5 rings (SSSR count). The van der Waals surface area contributed by atoms with Gasteiger partial charge in [0, 0.05) is 23.0 Å². The minimum atomic E-state index is -1.70. The van der Waals surface area contributed by atoms with E-state index in [4.69, 9.17) is 23.4 Å². The van der Waals surface area contributed by atoms with Crippen LogP contribution in [-0.2, 0) is 33.3 Å². The van der Waals surface area contributed by atoms with E-state index in [0.717, 1.165) is 0 Å². The van der Waals surface area contributed by atoms with E-state index in [0.29, 0.717) is 12.0 Å². The minimum absolute atomic E-state index is 0.0178. The third-order valence-electron chi connectivity index (χ3n) is 9.36. The summed E-state index contributed by atoms with van der Waals surface area (Å²) >= 11 is 0. The molecule has 1 aromatic rings. The zero-order valence-electron chi connectivity index (χ0n) is 21.9. The summed E-state index contributed by atoms with van der Waals surface area (Å²) in [6.45, 7) is 3.01. The Labute approximate surface area is 224 Å². The predicted molar refractivity (Wildman–Crippen MR) is 128 cm³/mol. The van der Waals surface area contributed by atoms with Gasteiger partial charge in [0.1, 0.15) is 30.5 Å². The molecular formula is C27H34O12. The number of ether oxygens (including phenoxy) is 4. The number of ketones is 1. The van der Waals surface area contributed by atoms with Crippen LogP contribution in [0.2, 0.25) is 0 Å². The number of hydrogen-bond acceptors (Lipinski definition) is 12.